The number of phosphoric ester groups is 1. The maximum Gasteiger partial charge on any atom is 0.472 e. The number of carbonyl (C=O) groups is 3. The molecule has 0 saturated carbocycles. The molecule has 0 rings (SSSR count). The van der Waals surface area contributed by atoms with E-state index in [1.807, 2.05) is 0 Å². The zero-order chi connectivity index (χ0) is 48.4. The van der Waals surface area contributed by atoms with Gasteiger partial charge in [-0.05, 0) is 96.3 Å². The molecule has 0 bridgehead atoms. The maximum absolute atomic E-state index is 12.8. The molecule has 0 saturated heterocycles. The first-order chi connectivity index (χ1) is 32.2. The molecule has 0 amide bonds. The number of allylic oxidation sites excluding steroid dienone is 12. The highest BCUT2D eigenvalue weighted by molar-refractivity contribution is 7.47. The maximum atomic E-state index is 12.8. The van der Waals surface area contributed by atoms with Crippen molar-refractivity contribution in [3.63, 3.8) is 0 Å². The summed E-state index contributed by atoms with van der Waals surface area (Å²) in [4.78, 5) is 48.3. The first-order valence-electron chi connectivity index (χ1n) is 25.8. The number of aliphatic hydroxyl groups is 1. The van der Waals surface area contributed by atoms with Gasteiger partial charge in [0.1, 0.15) is 12.7 Å². The van der Waals surface area contributed by atoms with Gasteiger partial charge in [0, 0.05) is 19.3 Å². The Hall–Kier alpha value is -3.08. The summed E-state index contributed by atoms with van der Waals surface area (Å²) < 4.78 is 39.3. The third kappa shape index (κ3) is 46.0. The minimum atomic E-state index is -4.75. The summed E-state index contributed by atoms with van der Waals surface area (Å²) in [5.74, 6) is -1.51. The Morgan fingerprint density at radius 1 is 0.439 bits per heavy atom. The molecule has 0 aromatic rings. The molecule has 0 aliphatic carbocycles. The van der Waals surface area contributed by atoms with E-state index in [4.69, 9.17) is 23.3 Å². The average molecular weight is 949 g/mol. The van der Waals surface area contributed by atoms with E-state index in [2.05, 4.69) is 93.7 Å². The second kappa shape index (κ2) is 48.4. The summed E-state index contributed by atoms with van der Waals surface area (Å²) in [6.07, 6.45) is 51.6. The van der Waals surface area contributed by atoms with Gasteiger partial charge in [-0.15, -0.1) is 0 Å². The van der Waals surface area contributed by atoms with Crippen molar-refractivity contribution in [3.05, 3.63) is 72.9 Å². The number of phosphoric acid groups is 1. The highest BCUT2D eigenvalue weighted by Gasteiger charge is 2.28. The van der Waals surface area contributed by atoms with Crippen LogP contribution in [0, 0.1) is 0 Å². The predicted molar refractivity (Wildman–Crippen MR) is 270 cm³/mol. The summed E-state index contributed by atoms with van der Waals surface area (Å²) in [5.41, 5.74) is 0. The van der Waals surface area contributed by atoms with Crippen LogP contribution in [0.3, 0.4) is 0 Å². The van der Waals surface area contributed by atoms with Gasteiger partial charge < -0.3 is 24.2 Å². The third-order valence-electron chi connectivity index (χ3n) is 10.6. The number of aliphatic hydroxyl groups excluding tert-OH is 1. The van der Waals surface area contributed by atoms with Crippen LogP contribution in [0.2, 0.25) is 0 Å². The van der Waals surface area contributed by atoms with Gasteiger partial charge in [0.25, 0.3) is 0 Å². The number of rotatable bonds is 47. The number of hydrogen-bond acceptors (Lipinski definition) is 10. The van der Waals surface area contributed by atoms with Crippen LogP contribution in [0.1, 0.15) is 213 Å². The van der Waals surface area contributed by atoms with E-state index < -0.39 is 57.8 Å². The molecule has 12 heteroatoms. The monoisotopic (exact) mass is 949 g/mol. The van der Waals surface area contributed by atoms with E-state index >= 15 is 0 Å². The van der Waals surface area contributed by atoms with Gasteiger partial charge in [0.15, 0.2) is 6.10 Å². The Labute approximate surface area is 401 Å². The molecule has 0 heterocycles. The minimum Gasteiger partial charge on any atom is -0.462 e. The van der Waals surface area contributed by atoms with Gasteiger partial charge in [-0.3, -0.25) is 23.4 Å². The summed E-state index contributed by atoms with van der Waals surface area (Å²) in [7, 11) is -4.75. The van der Waals surface area contributed by atoms with Crippen LogP contribution >= 0.6 is 7.82 Å². The molecule has 66 heavy (non-hydrogen) atoms. The van der Waals surface area contributed by atoms with Crippen molar-refractivity contribution in [2.24, 2.45) is 0 Å². The quantitative estimate of drug-likeness (QED) is 0.0197. The van der Waals surface area contributed by atoms with Gasteiger partial charge in [0.2, 0.25) is 0 Å². The van der Waals surface area contributed by atoms with E-state index in [1.165, 1.54) is 12.8 Å². The van der Waals surface area contributed by atoms with Gasteiger partial charge >= 0.3 is 25.7 Å². The molecule has 0 radical (unpaired) electrons. The van der Waals surface area contributed by atoms with E-state index in [0.717, 1.165) is 141 Å². The van der Waals surface area contributed by atoms with Crippen LogP contribution in [0.4, 0.5) is 0 Å². The smallest absolute Gasteiger partial charge is 0.462 e. The van der Waals surface area contributed by atoms with Crippen molar-refractivity contribution >= 4 is 25.7 Å². The lowest BCUT2D eigenvalue weighted by Gasteiger charge is -2.21. The molecule has 0 aromatic heterocycles. The van der Waals surface area contributed by atoms with Gasteiger partial charge in [-0.25, -0.2) is 4.57 Å². The fourth-order valence-electron chi connectivity index (χ4n) is 6.62. The summed E-state index contributed by atoms with van der Waals surface area (Å²) in [5, 5.41) is 9.77. The molecular weight excluding hydrogens is 856 g/mol. The number of ether oxygens (including phenoxy) is 3. The van der Waals surface area contributed by atoms with Gasteiger partial charge in [0.05, 0.1) is 19.8 Å². The van der Waals surface area contributed by atoms with Crippen molar-refractivity contribution in [2.75, 3.05) is 26.4 Å². The lowest BCUT2D eigenvalue weighted by atomic mass is 10.1. The van der Waals surface area contributed by atoms with Crippen LogP contribution in [0.15, 0.2) is 72.9 Å². The van der Waals surface area contributed by atoms with Crippen LogP contribution in [0.5, 0.6) is 0 Å². The zero-order valence-corrected chi connectivity index (χ0v) is 42.5. The van der Waals surface area contributed by atoms with E-state index in [-0.39, 0.29) is 25.9 Å². The largest absolute Gasteiger partial charge is 0.472 e. The number of carbonyl (C=O) groups excluding carboxylic acids is 3. The number of hydrogen-bond donors (Lipinski definition) is 2. The molecule has 380 valence electrons. The first kappa shape index (κ1) is 62.9. The van der Waals surface area contributed by atoms with Crippen molar-refractivity contribution in [1.82, 2.24) is 0 Å². The van der Waals surface area contributed by atoms with E-state index in [9.17, 15) is 28.9 Å². The molecule has 0 spiro atoms. The minimum absolute atomic E-state index is 0.143. The third-order valence-corrected chi connectivity index (χ3v) is 11.5. The van der Waals surface area contributed by atoms with Crippen molar-refractivity contribution < 1.29 is 52.2 Å². The predicted octanol–water partition coefficient (Wildman–Crippen LogP) is 14.6. The SMILES string of the molecule is CC/C=C\C/C=C\C/C=C\CCCCCCCC(=O)OC(COC(=O)CCCCCCC/C=C\CCCC)COP(=O)(O)OCC(CO)OC(=O)CCCCCCC/C=C\C/C=C\CCC. The Morgan fingerprint density at radius 2 is 0.818 bits per heavy atom. The van der Waals surface area contributed by atoms with Crippen molar-refractivity contribution in [1.29, 1.82) is 0 Å². The lowest BCUT2D eigenvalue weighted by Crippen LogP contribution is -2.30. The van der Waals surface area contributed by atoms with Crippen molar-refractivity contribution in [2.45, 2.75) is 226 Å². The molecular formula is C54H93O11P. The molecule has 0 fully saturated rings. The van der Waals surface area contributed by atoms with Crippen LogP contribution in [-0.4, -0.2) is 66.5 Å². The summed E-state index contributed by atoms with van der Waals surface area (Å²) in [6.45, 7) is 4.36. The van der Waals surface area contributed by atoms with Gasteiger partial charge in [-0.1, -0.05) is 171 Å². The second-order valence-corrected chi connectivity index (χ2v) is 18.4. The van der Waals surface area contributed by atoms with Crippen LogP contribution in [0.25, 0.3) is 0 Å². The fraction of sp³-hybridized carbons (Fsp3) is 0.722. The van der Waals surface area contributed by atoms with Crippen LogP contribution in [-0.2, 0) is 42.2 Å². The van der Waals surface area contributed by atoms with E-state index in [1.54, 1.807) is 0 Å². The fourth-order valence-corrected chi connectivity index (χ4v) is 7.41. The topological polar surface area (TPSA) is 155 Å². The number of unbranched alkanes of at least 4 members (excludes halogenated alkanes) is 18. The molecule has 3 unspecified atom stereocenters. The average Bonchev–Trinajstić information content (AvgIpc) is 3.30. The molecule has 3 atom stereocenters. The first-order valence-corrected chi connectivity index (χ1v) is 27.3. The number of esters is 3. The Kier molecular flexibility index (Phi) is 46.1. The van der Waals surface area contributed by atoms with Crippen molar-refractivity contribution in [3.8, 4) is 0 Å². The normalized spacial score (nSPS) is 14.1. The Bertz CT molecular complexity index is 1390. The molecule has 0 aliphatic heterocycles. The highest BCUT2D eigenvalue weighted by atomic mass is 31.2. The molecule has 0 aliphatic rings. The molecule has 0 aromatic carbocycles. The molecule has 11 nitrogen and oxygen atoms in total. The standard InChI is InChI=1S/C54H93O11P/c1-4-7-10-13-16-19-22-24-25-27-30-33-36-39-42-45-54(58)65-51(47-61-52(56)43-40-37-34-31-28-21-18-15-12-9-6-3)49-63-66(59,60)62-48-50(46-55)64-53(57)44-41-38-35-32-29-26-23-20-17-14-11-8-5-2/h7,10-11,14-16,18-20,23-25,50-51,55H,4-6,8-9,12-13,17,21-22,26-49H2,1-3H3,(H,59,60)/b10-7-,14-11-,18-15-,19-16-,23-20-,25-24-. The Morgan fingerprint density at radius 3 is 1.29 bits per heavy atom. The molecule has 2 N–H and O–H groups in total. The second-order valence-electron chi connectivity index (χ2n) is 16.9. The summed E-state index contributed by atoms with van der Waals surface area (Å²) in [6, 6.07) is 0. The van der Waals surface area contributed by atoms with E-state index in [0.29, 0.717) is 19.3 Å². The van der Waals surface area contributed by atoms with Crippen LogP contribution < -0.4 is 0 Å². The highest BCUT2D eigenvalue weighted by Crippen LogP contribution is 2.43. The lowest BCUT2D eigenvalue weighted by molar-refractivity contribution is -0.161. The zero-order valence-electron chi connectivity index (χ0n) is 41.6. The Balaban J connectivity index is 4.78. The van der Waals surface area contributed by atoms with Gasteiger partial charge in [-0.2, -0.15) is 0 Å². The summed E-state index contributed by atoms with van der Waals surface area (Å²) >= 11 is 0.